The van der Waals surface area contributed by atoms with E-state index in [-0.39, 0.29) is 17.7 Å². The van der Waals surface area contributed by atoms with E-state index in [4.69, 9.17) is 10.8 Å². The lowest BCUT2D eigenvalue weighted by Crippen LogP contribution is -2.43. The zero-order valence-corrected chi connectivity index (χ0v) is 9.66. The number of carboxylic acids is 1. The zero-order valence-electron chi connectivity index (χ0n) is 9.66. The van der Waals surface area contributed by atoms with Crippen LogP contribution in [0.5, 0.6) is 0 Å². The number of nitrogens with one attached hydrogen (secondary N) is 1. The number of aliphatic carboxylic acids is 1. The van der Waals surface area contributed by atoms with Crippen LogP contribution in [-0.4, -0.2) is 29.6 Å². The van der Waals surface area contributed by atoms with Crippen LogP contribution in [0.1, 0.15) is 39.0 Å². The lowest BCUT2D eigenvalue weighted by atomic mass is 10.0. The predicted molar refractivity (Wildman–Crippen MR) is 59.8 cm³/mol. The summed E-state index contributed by atoms with van der Waals surface area (Å²) in [6.07, 6.45) is 4.20. The van der Waals surface area contributed by atoms with Crippen LogP contribution >= 0.6 is 0 Å². The number of rotatable bonds is 7. The van der Waals surface area contributed by atoms with Gasteiger partial charge in [0.2, 0.25) is 5.91 Å². The number of nitrogens with two attached hydrogens (primary N) is 1. The van der Waals surface area contributed by atoms with Gasteiger partial charge < -0.3 is 16.2 Å². The number of carboxylic acid groups (broad SMARTS) is 1. The lowest BCUT2D eigenvalue weighted by molar-refractivity contribution is -0.139. The first-order valence-corrected chi connectivity index (χ1v) is 5.74. The Labute approximate surface area is 95.4 Å². The summed E-state index contributed by atoms with van der Waals surface area (Å²) in [5.41, 5.74) is 5.72. The molecule has 1 fully saturated rings. The summed E-state index contributed by atoms with van der Waals surface area (Å²) >= 11 is 0. The molecule has 0 aliphatic heterocycles. The molecule has 0 heterocycles. The van der Waals surface area contributed by atoms with Crippen LogP contribution in [0, 0.1) is 5.41 Å². The van der Waals surface area contributed by atoms with Gasteiger partial charge >= 0.3 is 5.97 Å². The molecule has 1 saturated carbocycles. The summed E-state index contributed by atoms with van der Waals surface area (Å²) in [6.45, 7) is 2.76. The van der Waals surface area contributed by atoms with Gasteiger partial charge in [0, 0.05) is 6.54 Å². The summed E-state index contributed by atoms with van der Waals surface area (Å²) < 4.78 is 0. The molecule has 1 amide bonds. The molecule has 16 heavy (non-hydrogen) atoms. The number of carbonyl (C=O) groups excluding carboxylic acids is 1. The minimum Gasteiger partial charge on any atom is -0.481 e. The fourth-order valence-electron chi connectivity index (χ4n) is 1.91. The Balaban J connectivity index is 2.27. The summed E-state index contributed by atoms with van der Waals surface area (Å²) in [7, 11) is 0. The van der Waals surface area contributed by atoms with Gasteiger partial charge in [0.25, 0.3) is 0 Å². The molecule has 92 valence electrons. The van der Waals surface area contributed by atoms with Crippen molar-refractivity contribution in [2.75, 3.05) is 6.54 Å². The highest BCUT2D eigenvalue weighted by atomic mass is 16.4. The Morgan fingerprint density at radius 3 is 2.56 bits per heavy atom. The van der Waals surface area contributed by atoms with E-state index in [9.17, 15) is 9.59 Å². The average molecular weight is 228 g/mol. The van der Waals surface area contributed by atoms with E-state index in [0.29, 0.717) is 6.54 Å². The highest BCUT2D eigenvalue weighted by Crippen LogP contribution is 2.48. The second-order valence-corrected chi connectivity index (χ2v) is 4.67. The van der Waals surface area contributed by atoms with Crippen LogP contribution in [0.4, 0.5) is 0 Å². The van der Waals surface area contributed by atoms with Crippen LogP contribution in [-0.2, 0) is 9.59 Å². The summed E-state index contributed by atoms with van der Waals surface area (Å²) in [5.74, 6) is -1.40. The van der Waals surface area contributed by atoms with Crippen molar-refractivity contribution in [3.63, 3.8) is 0 Å². The summed E-state index contributed by atoms with van der Waals surface area (Å²) in [4.78, 5) is 21.8. The fraction of sp³-hybridized carbons (Fsp3) is 0.818. The predicted octanol–water partition coefficient (Wildman–Crippen LogP) is 0.485. The molecule has 5 heteroatoms. The standard InChI is InChI=1S/C11H20N2O3/c1-2-3-11(4-5-11)7-13-10(16)8(12)6-9(14)15/h8H,2-7,12H2,1H3,(H,13,16)(H,14,15). The van der Waals surface area contributed by atoms with Crippen LogP contribution < -0.4 is 11.1 Å². The quantitative estimate of drug-likeness (QED) is 0.591. The van der Waals surface area contributed by atoms with Gasteiger partial charge in [-0.25, -0.2) is 0 Å². The molecule has 1 atom stereocenters. The molecule has 0 saturated heterocycles. The van der Waals surface area contributed by atoms with Gasteiger partial charge in [-0.05, 0) is 24.7 Å². The van der Waals surface area contributed by atoms with Gasteiger partial charge in [0.1, 0.15) is 0 Å². The minimum atomic E-state index is -1.04. The van der Waals surface area contributed by atoms with Gasteiger partial charge in [-0.2, -0.15) is 0 Å². The SMILES string of the molecule is CCCC1(CNC(=O)C(N)CC(=O)O)CC1. The number of amides is 1. The van der Waals surface area contributed by atoms with E-state index in [0.717, 1.165) is 25.7 Å². The maximum Gasteiger partial charge on any atom is 0.305 e. The Kier molecular flexibility index (Phi) is 4.29. The average Bonchev–Trinajstić information content (AvgIpc) is 2.94. The van der Waals surface area contributed by atoms with E-state index in [1.165, 1.54) is 0 Å². The molecule has 1 aliphatic carbocycles. The molecular formula is C11H20N2O3. The molecule has 4 N–H and O–H groups in total. The second-order valence-electron chi connectivity index (χ2n) is 4.67. The topological polar surface area (TPSA) is 92.4 Å². The van der Waals surface area contributed by atoms with Gasteiger partial charge in [-0.15, -0.1) is 0 Å². The van der Waals surface area contributed by atoms with Crippen molar-refractivity contribution in [1.82, 2.24) is 5.32 Å². The van der Waals surface area contributed by atoms with Crippen molar-refractivity contribution in [2.24, 2.45) is 11.1 Å². The molecule has 5 nitrogen and oxygen atoms in total. The lowest BCUT2D eigenvalue weighted by Gasteiger charge is -2.16. The van der Waals surface area contributed by atoms with Crippen molar-refractivity contribution >= 4 is 11.9 Å². The Hall–Kier alpha value is -1.10. The molecule has 0 aromatic carbocycles. The van der Waals surface area contributed by atoms with Gasteiger partial charge in [0.05, 0.1) is 12.5 Å². The van der Waals surface area contributed by atoms with Crippen LogP contribution in [0.15, 0.2) is 0 Å². The molecule has 0 aromatic rings. The molecule has 0 radical (unpaired) electrons. The first kappa shape index (κ1) is 13.0. The number of carbonyl (C=O) groups is 2. The molecule has 1 unspecified atom stereocenters. The van der Waals surface area contributed by atoms with Gasteiger partial charge in [-0.3, -0.25) is 9.59 Å². The van der Waals surface area contributed by atoms with Gasteiger partial charge in [-0.1, -0.05) is 13.3 Å². The van der Waals surface area contributed by atoms with E-state index in [2.05, 4.69) is 12.2 Å². The summed E-state index contributed by atoms with van der Waals surface area (Å²) in [5, 5.41) is 11.2. The first-order valence-electron chi connectivity index (χ1n) is 5.74. The zero-order chi connectivity index (χ0) is 12.2. The van der Waals surface area contributed by atoms with Crippen molar-refractivity contribution in [3.8, 4) is 0 Å². The maximum atomic E-state index is 11.5. The molecule has 1 aliphatic rings. The smallest absolute Gasteiger partial charge is 0.305 e. The van der Waals surface area contributed by atoms with Crippen molar-refractivity contribution in [2.45, 2.75) is 45.1 Å². The van der Waals surface area contributed by atoms with Crippen molar-refractivity contribution in [1.29, 1.82) is 0 Å². The van der Waals surface area contributed by atoms with E-state index in [1.807, 2.05) is 0 Å². The van der Waals surface area contributed by atoms with E-state index in [1.54, 1.807) is 0 Å². The molecular weight excluding hydrogens is 208 g/mol. The third-order valence-corrected chi connectivity index (χ3v) is 3.11. The molecule has 0 bridgehead atoms. The van der Waals surface area contributed by atoms with E-state index >= 15 is 0 Å². The Bertz CT molecular complexity index is 274. The summed E-state index contributed by atoms with van der Waals surface area (Å²) in [6, 6.07) is -0.935. The van der Waals surface area contributed by atoms with Crippen molar-refractivity contribution in [3.05, 3.63) is 0 Å². The highest BCUT2D eigenvalue weighted by molar-refractivity contribution is 5.85. The second kappa shape index (κ2) is 5.30. The fourth-order valence-corrected chi connectivity index (χ4v) is 1.91. The molecule has 0 spiro atoms. The third-order valence-electron chi connectivity index (χ3n) is 3.11. The number of hydrogen-bond donors (Lipinski definition) is 3. The minimum absolute atomic E-state index is 0.271. The van der Waals surface area contributed by atoms with Crippen LogP contribution in [0.2, 0.25) is 0 Å². The van der Waals surface area contributed by atoms with E-state index < -0.39 is 12.0 Å². The van der Waals surface area contributed by atoms with Crippen molar-refractivity contribution < 1.29 is 14.7 Å². The highest BCUT2D eigenvalue weighted by Gasteiger charge is 2.41. The molecule has 1 rings (SSSR count). The Morgan fingerprint density at radius 1 is 1.50 bits per heavy atom. The number of hydrogen-bond acceptors (Lipinski definition) is 3. The molecule has 0 aromatic heterocycles. The first-order chi connectivity index (χ1) is 7.49. The van der Waals surface area contributed by atoms with Crippen LogP contribution in [0.3, 0.4) is 0 Å². The maximum absolute atomic E-state index is 11.5. The normalized spacial score (nSPS) is 18.9. The van der Waals surface area contributed by atoms with Crippen LogP contribution in [0.25, 0.3) is 0 Å². The monoisotopic (exact) mass is 228 g/mol. The largest absolute Gasteiger partial charge is 0.481 e. The van der Waals surface area contributed by atoms with Gasteiger partial charge in [0.15, 0.2) is 0 Å². The third kappa shape index (κ3) is 3.81. The Morgan fingerprint density at radius 2 is 2.12 bits per heavy atom.